The lowest BCUT2D eigenvalue weighted by Crippen LogP contribution is -2.55. The van der Waals surface area contributed by atoms with Crippen LogP contribution >= 0.6 is 0 Å². The zero-order valence-corrected chi connectivity index (χ0v) is 40.5. The van der Waals surface area contributed by atoms with Gasteiger partial charge in [0, 0.05) is 19.3 Å². The number of allylic oxidation sites excluding steroid dienone is 12. The molecule has 0 aliphatic rings. The first-order chi connectivity index (χ1) is 30.1. The molecule has 8 nitrogen and oxygen atoms in total. The molecule has 0 radical (unpaired) electrons. The second-order valence-corrected chi connectivity index (χ2v) is 17.8. The number of carboxylic acid groups (broad SMARTS) is 1. The average molecular weight is 868 g/mol. The zero-order valence-electron chi connectivity index (χ0n) is 40.5. The highest BCUT2D eigenvalue weighted by molar-refractivity contribution is 5.70. The molecule has 2 atom stereocenters. The summed E-state index contributed by atoms with van der Waals surface area (Å²) in [5, 5.41) is 11.6. The minimum atomic E-state index is -1.13. The van der Waals surface area contributed by atoms with Crippen molar-refractivity contribution in [2.45, 2.75) is 212 Å². The van der Waals surface area contributed by atoms with Crippen LogP contribution in [0.2, 0.25) is 0 Å². The minimum absolute atomic E-state index is 0.0249. The summed E-state index contributed by atoms with van der Waals surface area (Å²) in [5.74, 6) is -1.78. The highest BCUT2D eigenvalue weighted by atomic mass is 16.6. The van der Waals surface area contributed by atoms with Crippen molar-refractivity contribution >= 4 is 17.9 Å². The molecule has 8 heteroatoms. The quantitative estimate of drug-likeness (QED) is 0.0198. The molecule has 0 saturated carbocycles. The summed E-state index contributed by atoms with van der Waals surface area (Å²) in [6, 6.07) is -0.735. The Morgan fingerprint density at radius 3 is 1.47 bits per heavy atom. The number of ether oxygens (including phenoxy) is 3. The normalized spacial score (nSPS) is 13.5. The third-order valence-corrected chi connectivity index (χ3v) is 10.9. The van der Waals surface area contributed by atoms with Crippen LogP contribution in [-0.2, 0) is 28.6 Å². The van der Waals surface area contributed by atoms with Gasteiger partial charge in [0.25, 0.3) is 0 Å². The van der Waals surface area contributed by atoms with Crippen LogP contribution in [-0.4, -0.2) is 75.5 Å². The van der Waals surface area contributed by atoms with Gasteiger partial charge in [0.15, 0.2) is 6.10 Å². The van der Waals surface area contributed by atoms with E-state index in [2.05, 4.69) is 56.4 Å². The number of quaternary nitrogens is 1. The summed E-state index contributed by atoms with van der Waals surface area (Å²) in [7, 11) is 5.39. The van der Waals surface area contributed by atoms with E-state index in [1.165, 1.54) is 89.9 Å². The van der Waals surface area contributed by atoms with Gasteiger partial charge in [0.2, 0.25) is 0 Å². The molecule has 0 spiro atoms. The van der Waals surface area contributed by atoms with Crippen molar-refractivity contribution in [3.05, 3.63) is 72.9 Å². The molecule has 0 amide bonds. The number of carbonyl (C=O) groups is 3. The number of likely N-dealkylation sites (N-methyl/N-ethyl adjacent to an activating group) is 1. The molecule has 0 saturated heterocycles. The SMILES string of the molecule is CC/C=C/C=C/C=C/C=C/CCCCCCCC(=O)OC(COCCC(C(=O)[O-])[N+](C)(C)C)COC(=O)CCCCCCCCC/C=C/C/C=C/CCCCCCCCCCC. The third-order valence-electron chi connectivity index (χ3n) is 10.9. The predicted molar refractivity (Wildman–Crippen MR) is 259 cm³/mol. The molecule has 0 fully saturated rings. The van der Waals surface area contributed by atoms with Crippen LogP contribution in [0.4, 0.5) is 0 Å². The van der Waals surface area contributed by atoms with E-state index in [4.69, 9.17) is 14.2 Å². The molecule has 0 aromatic rings. The van der Waals surface area contributed by atoms with Crippen LogP contribution in [0.15, 0.2) is 72.9 Å². The number of rotatable bonds is 44. The van der Waals surface area contributed by atoms with Gasteiger partial charge < -0.3 is 28.6 Å². The van der Waals surface area contributed by atoms with E-state index >= 15 is 0 Å². The lowest BCUT2D eigenvalue weighted by molar-refractivity contribution is -0.889. The maximum Gasteiger partial charge on any atom is 0.306 e. The Morgan fingerprint density at radius 2 is 0.968 bits per heavy atom. The van der Waals surface area contributed by atoms with Crippen LogP contribution in [0.1, 0.15) is 200 Å². The second kappa shape index (κ2) is 44.4. The first-order valence-electron chi connectivity index (χ1n) is 25.0. The molecule has 0 aromatic carbocycles. The molecule has 356 valence electrons. The van der Waals surface area contributed by atoms with Gasteiger partial charge in [-0.1, -0.05) is 189 Å². The Morgan fingerprint density at radius 1 is 0.516 bits per heavy atom. The Labute approximate surface area is 381 Å². The maximum absolute atomic E-state index is 12.7. The summed E-state index contributed by atoms with van der Waals surface area (Å²) in [5.41, 5.74) is 0. The fourth-order valence-corrected chi connectivity index (χ4v) is 7.05. The van der Waals surface area contributed by atoms with Crippen molar-refractivity contribution in [1.82, 2.24) is 0 Å². The van der Waals surface area contributed by atoms with Crippen LogP contribution in [0.25, 0.3) is 0 Å². The van der Waals surface area contributed by atoms with Crippen LogP contribution in [0.3, 0.4) is 0 Å². The number of aliphatic carboxylic acids is 1. The standard InChI is InChI=1S/C54H93NO7/c1-6-8-10-12-14-16-18-20-22-23-24-25-26-27-28-29-31-32-34-36-38-40-42-44-52(56)61-49-50(48-60-47-46-51(54(58)59)55(3,4)5)62-53(57)45-43-41-39-37-35-33-30-21-19-17-15-13-11-9-7-2/h9,11,13,15,17,19,21,24-25,27-28,30,50-51H,6-8,10,12,14,16,18,20,22-23,26,29,31-49H2,1-5H3/b11-9+,15-13+,19-17+,25-24+,28-27+,30-21+. The summed E-state index contributed by atoms with van der Waals surface area (Å²) < 4.78 is 17.2. The van der Waals surface area contributed by atoms with Crippen molar-refractivity contribution in [3.63, 3.8) is 0 Å². The lowest BCUT2D eigenvalue weighted by atomic mass is 10.1. The smallest absolute Gasteiger partial charge is 0.306 e. The van der Waals surface area contributed by atoms with Crippen LogP contribution in [0.5, 0.6) is 0 Å². The van der Waals surface area contributed by atoms with Gasteiger partial charge in [0.1, 0.15) is 12.6 Å². The Balaban J connectivity index is 4.28. The van der Waals surface area contributed by atoms with Gasteiger partial charge in [-0.15, -0.1) is 0 Å². The first-order valence-corrected chi connectivity index (χ1v) is 25.0. The monoisotopic (exact) mass is 868 g/mol. The van der Waals surface area contributed by atoms with E-state index in [9.17, 15) is 19.5 Å². The Bertz CT molecular complexity index is 1240. The molecule has 62 heavy (non-hydrogen) atoms. The molecule has 2 unspecified atom stereocenters. The van der Waals surface area contributed by atoms with Gasteiger partial charge in [-0.25, -0.2) is 0 Å². The van der Waals surface area contributed by atoms with E-state index in [1.54, 1.807) is 21.1 Å². The number of esters is 2. The lowest BCUT2D eigenvalue weighted by Gasteiger charge is -2.34. The average Bonchev–Trinajstić information content (AvgIpc) is 3.23. The molecule has 0 aliphatic carbocycles. The maximum atomic E-state index is 12.7. The molecule has 0 N–H and O–H groups in total. The molecular weight excluding hydrogens is 775 g/mol. The van der Waals surface area contributed by atoms with Crippen LogP contribution < -0.4 is 5.11 Å². The molecule has 0 rings (SSSR count). The number of nitrogens with zero attached hydrogens (tertiary/aromatic N) is 1. The van der Waals surface area contributed by atoms with Gasteiger partial charge in [-0.2, -0.15) is 0 Å². The second-order valence-electron chi connectivity index (χ2n) is 17.8. The van der Waals surface area contributed by atoms with Crippen molar-refractivity contribution in [2.24, 2.45) is 0 Å². The molecule has 0 bridgehead atoms. The van der Waals surface area contributed by atoms with E-state index in [0.717, 1.165) is 77.0 Å². The summed E-state index contributed by atoms with van der Waals surface area (Å²) in [6.07, 6.45) is 56.5. The van der Waals surface area contributed by atoms with Crippen LogP contribution in [0, 0.1) is 0 Å². The molecule has 0 heterocycles. The number of hydrogen-bond acceptors (Lipinski definition) is 7. The highest BCUT2D eigenvalue weighted by Crippen LogP contribution is 2.14. The van der Waals surface area contributed by atoms with Crippen molar-refractivity contribution in [2.75, 3.05) is 41.0 Å². The van der Waals surface area contributed by atoms with Gasteiger partial charge in [-0.05, 0) is 64.2 Å². The Hall–Kier alpha value is -3.23. The number of carboxylic acids is 1. The fourth-order valence-electron chi connectivity index (χ4n) is 7.05. The highest BCUT2D eigenvalue weighted by Gasteiger charge is 2.25. The van der Waals surface area contributed by atoms with E-state index in [-0.39, 0.29) is 49.1 Å². The Kier molecular flexibility index (Phi) is 42.1. The minimum Gasteiger partial charge on any atom is -0.544 e. The number of hydrogen-bond donors (Lipinski definition) is 0. The molecule has 0 aromatic heterocycles. The topological polar surface area (TPSA) is 102 Å². The first kappa shape index (κ1) is 58.8. The molecular formula is C54H93NO7. The number of unbranched alkanes of at least 4 members (excludes halogenated alkanes) is 21. The van der Waals surface area contributed by atoms with Gasteiger partial charge >= 0.3 is 11.9 Å². The van der Waals surface area contributed by atoms with Crippen molar-refractivity contribution in [1.29, 1.82) is 0 Å². The summed E-state index contributed by atoms with van der Waals surface area (Å²) in [6.45, 7) is 4.49. The third kappa shape index (κ3) is 42.1. The van der Waals surface area contributed by atoms with E-state index in [0.29, 0.717) is 6.42 Å². The predicted octanol–water partition coefficient (Wildman–Crippen LogP) is 13.0. The van der Waals surface area contributed by atoms with Gasteiger partial charge in [0.05, 0.1) is 40.3 Å². The summed E-state index contributed by atoms with van der Waals surface area (Å²) in [4.78, 5) is 37.0. The summed E-state index contributed by atoms with van der Waals surface area (Å²) >= 11 is 0. The van der Waals surface area contributed by atoms with Crippen molar-refractivity contribution in [3.8, 4) is 0 Å². The fraction of sp³-hybridized carbons (Fsp3) is 0.722. The van der Waals surface area contributed by atoms with Crippen molar-refractivity contribution < 1.29 is 38.2 Å². The van der Waals surface area contributed by atoms with E-state index in [1.807, 2.05) is 30.4 Å². The zero-order chi connectivity index (χ0) is 45.6. The molecule has 0 aliphatic heterocycles. The number of carbonyl (C=O) groups excluding carboxylic acids is 3. The largest absolute Gasteiger partial charge is 0.544 e. The van der Waals surface area contributed by atoms with Gasteiger partial charge in [-0.3, -0.25) is 9.59 Å². The van der Waals surface area contributed by atoms with E-state index < -0.39 is 18.1 Å².